The lowest BCUT2D eigenvalue weighted by Crippen LogP contribution is -2.34. The molecule has 3 N–H and O–H groups in total. The van der Waals surface area contributed by atoms with E-state index in [2.05, 4.69) is 10.1 Å². The van der Waals surface area contributed by atoms with Gasteiger partial charge in [0.25, 0.3) is 0 Å². The van der Waals surface area contributed by atoms with Crippen LogP contribution in [0.4, 0.5) is 0 Å². The molecule has 0 saturated heterocycles. The molecule has 0 radical (unpaired) electrons. The van der Waals surface area contributed by atoms with Gasteiger partial charge >= 0.3 is 5.97 Å². The first kappa shape index (κ1) is 11.4. The Labute approximate surface area is 75.4 Å². The number of hydrogen-bond acceptors (Lipinski definition) is 4. The average Bonchev–Trinajstić information content (AvgIpc) is 2.01. The molecular weight excluding hydrogens is 176 g/mol. The minimum absolute atomic E-state index is 0.224. The van der Waals surface area contributed by atoms with Gasteiger partial charge in [0.05, 0.1) is 13.2 Å². The van der Waals surface area contributed by atoms with Crippen molar-refractivity contribution in [3.63, 3.8) is 0 Å². The number of primary amides is 1. The second-order valence-electron chi connectivity index (χ2n) is 2.22. The molecule has 0 saturated carbocycles. The van der Waals surface area contributed by atoms with Gasteiger partial charge in [-0.1, -0.05) is 0 Å². The Morgan fingerprint density at radius 3 is 2.46 bits per heavy atom. The highest BCUT2D eigenvalue weighted by molar-refractivity contribution is 5.95. The summed E-state index contributed by atoms with van der Waals surface area (Å²) in [6.45, 7) is 1.60. The molecule has 13 heavy (non-hydrogen) atoms. The summed E-state index contributed by atoms with van der Waals surface area (Å²) in [5, 5.41) is 2.16. The lowest BCUT2D eigenvalue weighted by molar-refractivity contribution is -0.146. The third-order valence-electron chi connectivity index (χ3n) is 1.07. The van der Waals surface area contributed by atoms with Gasteiger partial charge in [0, 0.05) is 0 Å². The molecule has 6 heteroatoms. The summed E-state index contributed by atoms with van der Waals surface area (Å²) in [6, 6.07) is 0. The van der Waals surface area contributed by atoms with E-state index in [-0.39, 0.29) is 19.6 Å². The summed E-state index contributed by atoms with van der Waals surface area (Å²) in [5.41, 5.74) is 4.76. The molecule has 6 nitrogen and oxygen atoms in total. The molecule has 0 aliphatic heterocycles. The second-order valence-corrected chi connectivity index (χ2v) is 2.22. The zero-order valence-electron chi connectivity index (χ0n) is 7.33. The minimum atomic E-state index is -0.655. The Morgan fingerprint density at radius 1 is 1.38 bits per heavy atom. The standard InChI is InChI=1S/C7H12N2O4/c1-2-13-7(12)3-6(11)9-4-5(8)10/h2-4H2,1H3,(H2,8,10)(H,9,11). The number of ether oxygens (including phenoxy) is 1. The Kier molecular flexibility index (Phi) is 5.25. The third kappa shape index (κ3) is 6.79. The van der Waals surface area contributed by atoms with Crippen molar-refractivity contribution in [1.29, 1.82) is 0 Å². The lowest BCUT2D eigenvalue weighted by atomic mass is 10.4. The van der Waals surface area contributed by atoms with Crippen molar-refractivity contribution in [2.45, 2.75) is 13.3 Å². The van der Waals surface area contributed by atoms with Crippen molar-refractivity contribution >= 4 is 17.8 Å². The zero-order valence-corrected chi connectivity index (χ0v) is 7.33. The van der Waals surface area contributed by atoms with Gasteiger partial charge in [-0.3, -0.25) is 14.4 Å². The van der Waals surface area contributed by atoms with Crippen molar-refractivity contribution in [2.24, 2.45) is 5.73 Å². The van der Waals surface area contributed by atoms with Gasteiger partial charge in [-0.05, 0) is 6.92 Å². The Balaban J connectivity index is 3.62. The molecule has 0 bridgehead atoms. The number of nitrogens with two attached hydrogens (primary N) is 1. The molecule has 0 aromatic rings. The first-order valence-corrected chi connectivity index (χ1v) is 3.77. The number of rotatable bonds is 5. The van der Waals surface area contributed by atoms with Crippen molar-refractivity contribution < 1.29 is 19.1 Å². The maximum Gasteiger partial charge on any atom is 0.315 e. The van der Waals surface area contributed by atoms with E-state index < -0.39 is 17.8 Å². The topological polar surface area (TPSA) is 98.5 Å². The molecule has 0 aliphatic carbocycles. The van der Waals surface area contributed by atoms with Crippen LogP contribution in [0.2, 0.25) is 0 Å². The van der Waals surface area contributed by atoms with Gasteiger partial charge in [0.2, 0.25) is 11.8 Å². The average molecular weight is 188 g/mol. The highest BCUT2D eigenvalue weighted by Gasteiger charge is 2.09. The number of amides is 2. The maximum absolute atomic E-state index is 10.8. The SMILES string of the molecule is CCOC(=O)CC(=O)NCC(N)=O. The first-order chi connectivity index (χ1) is 6.06. The summed E-state index contributed by atoms with van der Waals surface area (Å²) in [6.07, 6.45) is -0.388. The number of carbonyl (C=O) groups is 3. The summed E-state index contributed by atoms with van der Waals surface area (Å²) < 4.78 is 4.50. The molecule has 2 amide bonds. The summed E-state index contributed by atoms with van der Waals surface area (Å²) in [7, 11) is 0. The van der Waals surface area contributed by atoms with E-state index in [9.17, 15) is 14.4 Å². The van der Waals surface area contributed by atoms with Crippen LogP contribution in [0, 0.1) is 0 Å². The molecule has 0 aromatic carbocycles. The van der Waals surface area contributed by atoms with Crippen LogP contribution in [0.15, 0.2) is 0 Å². The molecule has 0 spiro atoms. The van der Waals surface area contributed by atoms with Gasteiger partial charge in [-0.25, -0.2) is 0 Å². The van der Waals surface area contributed by atoms with Crippen LogP contribution in [-0.2, 0) is 19.1 Å². The Hall–Kier alpha value is -1.59. The lowest BCUT2D eigenvalue weighted by Gasteiger charge is -2.02. The number of hydrogen-bond donors (Lipinski definition) is 2. The number of nitrogens with one attached hydrogen (secondary N) is 1. The van der Waals surface area contributed by atoms with E-state index in [1.165, 1.54) is 0 Å². The maximum atomic E-state index is 10.8. The van der Waals surface area contributed by atoms with Crippen LogP contribution in [0.25, 0.3) is 0 Å². The fourth-order valence-corrected chi connectivity index (χ4v) is 0.591. The van der Waals surface area contributed by atoms with E-state index in [4.69, 9.17) is 5.73 Å². The minimum Gasteiger partial charge on any atom is -0.466 e. The van der Waals surface area contributed by atoms with Crippen LogP contribution in [0.5, 0.6) is 0 Å². The predicted molar refractivity (Wildman–Crippen MR) is 43.5 cm³/mol. The third-order valence-corrected chi connectivity index (χ3v) is 1.07. The molecule has 0 fully saturated rings. The quantitative estimate of drug-likeness (QED) is 0.407. The molecular formula is C7H12N2O4. The Morgan fingerprint density at radius 2 is 2.00 bits per heavy atom. The van der Waals surface area contributed by atoms with Crippen LogP contribution < -0.4 is 11.1 Å². The molecule has 0 aromatic heterocycles. The smallest absolute Gasteiger partial charge is 0.315 e. The summed E-state index contributed by atoms with van der Waals surface area (Å²) in [4.78, 5) is 31.7. The van der Waals surface area contributed by atoms with Crippen LogP contribution >= 0.6 is 0 Å². The van der Waals surface area contributed by atoms with Crippen LogP contribution in [-0.4, -0.2) is 30.9 Å². The van der Waals surface area contributed by atoms with Gasteiger partial charge in [-0.2, -0.15) is 0 Å². The second kappa shape index (κ2) is 5.99. The van der Waals surface area contributed by atoms with E-state index >= 15 is 0 Å². The van der Waals surface area contributed by atoms with E-state index in [0.29, 0.717) is 0 Å². The fourth-order valence-electron chi connectivity index (χ4n) is 0.591. The Bertz CT molecular complexity index is 215. The summed E-state index contributed by atoms with van der Waals surface area (Å²) in [5.74, 6) is -1.85. The van der Waals surface area contributed by atoms with Crippen molar-refractivity contribution in [1.82, 2.24) is 5.32 Å². The van der Waals surface area contributed by atoms with Gasteiger partial charge in [0.15, 0.2) is 0 Å². The molecule has 0 rings (SSSR count). The van der Waals surface area contributed by atoms with E-state index in [1.54, 1.807) is 6.92 Å². The van der Waals surface area contributed by atoms with Gasteiger partial charge < -0.3 is 15.8 Å². The van der Waals surface area contributed by atoms with Gasteiger partial charge in [0.1, 0.15) is 6.42 Å². The first-order valence-electron chi connectivity index (χ1n) is 3.77. The predicted octanol–water partition coefficient (Wildman–Crippen LogP) is -1.46. The number of carbonyl (C=O) groups excluding carboxylic acids is 3. The van der Waals surface area contributed by atoms with Crippen LogP contribution in [0.1, 0.15) is 13.3 Å². The van der Waals surface area contributed by atoms with Crippen LogP contribution in [0.3, 0.4) is 0 Å². The number of esters is 1. The highest BCUT2D eigenvalue weighted by Crippen LogP contribution is 1.85. The monoisotopic (exact) mass is 188 g/mol. The largest absolute Gasteiger partial charge is 0.466 e. The van der Waals surface area contributed by atoms with E-state index in [0.717, 1.165) is 0 Å². The van der Waals surface area contributed by atoms with Crippen molar-refractivity contribution in [2.75, 3.05) is 13.2 Å². The molecule has 0 atom stereocenters. The molecule has 0 aliphatic rings. The van der Waals surface area contributed by atoms with Crippen molar-refractivity contribution in [3.8, 4) is 0 Å². The summed E-state index contributed by atoms with van der Waals surface area (Å²) >= 11 is 0. The normalized spacial score (nSPS) is 9.00. The molecule has 74 valence electrons. The molecule has 0 heterocycles. The van der Waals surface area contributed by atoms with Crippen molar-refractivity contribution in [3.05, 3.63) is 0 Å². The fraction of sp³-hybridized carbons (Fsp3) is 0.571. The highest BCUT2D eigenvalue weighted by atomic mass is 16.5. The van der Waals surface area contributed by atoms with Gasteiger partial charge in [-0.15, -0.1) is 0 Å². The zero-order chi connectivity index (χ0) is 10.3. The molecule has 0 unspecified atom stereocenters. The van der Waals surface area contributed by atoms with E-state index in [1.807, 2.05) is 0 Å².